The first-order valence-corrected chi connectivity index (χ1v) is 10.1. The van der Waals surface area contributed by atoms with Gasteiger partial charge in [-0.15, -0.1) is 11.3 Å². The number of hydrogen-bond donors (Lipinski definition) is 1. The number of halogens is 1. The predicted molar refractivity (Wildman–Crippen MR) is 110 cm³/mol. The number of Topliss-reactive ketones (excluding diaryl/α,β-unsaturated/α-hetero) is 1. The van der Waals surface area contributed by atoms with Gasteiger partial charge in [0.1, 0.15) is 5.82 Å². The number of benzene rings is 1. The number of ketones is 1. The van der Waals surface area contributed by atoms with E-state index in [1.807, 2.05) is 0 Å². The van der Waals surface area contributed by atoms with Gasteiger partial charge in [-0.25, -0.2) is 9.37 Å². The molecule has 0 spiro atoms. The minimum absolute atomic E-state index is 0.00172. The topological polar surface area (TPSA) is 83.4 Å². The van der Waals surface area contributed by atoms with Gasteiger partial charge in [0, 0.05) is 18.9 Å². The molecule has 0 aliphatic carbocycles. The summed E-state index contributed by atoms with van der Waals surface area (Å²) in [6.07, 6.45) is 3.15. The maximum Gasteiger partial charge on any atom is 0.290 e. The monoisotopic (exact) mass is 423 g/mol. The zero-order valence-electron chi connectivity index (χ0n) is 16.3. The molecular weight excluding hydrogens is 405 g/mol. The van der Waals surface area contributed by atoms with Crippen molar-refractivity contribution in [3.05, 3.63) is 92.6 Å². The van der Waals surface area contributed by atoms with Gasteiger partial charge >= 0.3 is 0 Å². The highest BCUT2D eigenvalue weighted by atomic mass is 32.1. The molecule has 3 aromatic rings. The number of thiazole rings is 1. The molecule has 1 amide bonds. The van der Waals surface area contributed by atoms with Gasteiger partial charge in [0.15, 0.2) is 5.76 Å². The van der Waals surface area contributed by atoms with Crippen molar-refractivity contribution in [2.24, 2.45) is 0 Å². The average molecular weight is 423 g/mol. The van der Waals surface area contributed by atoms with E-state index in [1.54, 1.807) is 50.5 Å². The molecule has 1 unspecified atom stereocenters. The minimum atomic E-state index is -0.814. The first-order valence-electron chi connectivity index (χ1n) is 9.24. The van der Waals surface area contributed by atoms with Gasteiger partial charge in [-0.1, -0.05) is 18.2 Å². The second-order valence-electron chi connectivity index (χ2n) is 6.99. The van der Waals surface area contributed by atoms with Crippen LogP contribution in [0, 0.1) is 19.7 Å². The van der Waals surface area contributed by atoms with Crippen molar-refractivity contribution in [1.29, 1.82) is 0 Å². The van der Waals surface area contributed by atoms with E-state index < -0.39 is 23.5 Å². The normalized spacial score (nSPS) is 16.4. The van der Waals surface area contributed by atoms with Gasteiger partial charge in [0.05, 0.1) is 27.2 Å². The van der Waals surface area contributed by atoms with E-state index in [0.717, 1.165) is 5.01 Å². The van der Waals surface area contributed by atoms with Gasteiger partial charge in [0.25, 0.3) is 5.91 Å². The summed E-state index contributed by atoms with van der Waals surface area (Å²) in [6, 6.07) is 8.38. The highest BCUT2D eigenvalue weighted by Gasteiger charge is 2.44. The van der Waals surface area contributed by atoms with Crippen molar-refractivity contribution < 1.29 is 19.1 Å². The highest BCUT2D eigenvalue weighted by Crippen LogP contribution is 2.40. The lowest BCUT2D eigenvalue weighted by atomic mass is 9.96. The number of rotatable bonds is 5. The fraction of sp³-hybridized carbons (Fsp3) is 0.182. The van der Waals surface area contributed by atoms with Crippen molar-refractivity contribution >= 4 is 23.0 Å². The third-order valence-corrected chi connectivity index (χ3v) is 6.00. The van der Waals surface area contributed by atoms with E-state index in [0.29, 0.717) is 21.7 Å². The third-order valence-electron chi connectivity index (χ3n) is 4.92. The Bertz CT molecular complexity index is 1160. The number of pyridine rings is 1. The Balaban J connectivity index is 1.79. The van der Waals surface area contributed by atoms with E-state index in [4.69, 9.17) is 0 Å². The van der Waals surface area contributed by atoms with Crippen LogP contribution in [-0.2, 0) is 11.3 Å². The molecule has 1 aromatic carbocycles. The summed E-state index contributed by atoms with van der Waals surface area (Å²) in [6.45, 7) is 3.61. The van der Waals surface area contributed by atoms with Crippen LogP contribution in [0.2, 0.25) is 0 Å². The van der Waals surface area contributed by atoms with Crippen molar-refractivity contribution in [2.75, 3.05) is 0 Å². The fourth-order valence-corrected chi connectivity index (χ4v) is 4.46. The minimum Gasteiger partial charge on any atom is -0.503 e. The van der Waals surface area contributed by atoms with Crippen LogP contribution in [0.3, 0.4) is 0 Å². The Hall–Kier alpha value is -3.39. The lowest BCUT2D eigenvalue weighted by Gasteiger charge is -2.26. The molecule has 0 radical (unpaired) electrons. The Labute approximate surface area is 176 Å². The van der Waals surface area contributed by atoms with Crippen LogP contribution in [0.15, 0.2) is 60.1 Å². The maximum absolute atomic E-state index is 13.4. The fourth-order valence-electron chi connectivity index (χ4n) is 3.58. The molecule has 1 atom stereocenters. The van der Waals surface area contributed by atoms with Gasteiger partial charge in [-0.3, -0.25) is 14.6 Å². The molecule has 2 aromatic heterocycles. The molecule has 6 nitrogen and oxygen atoms in total. The summed E-state index contributed by atoms with van der Waals surface area (Å²) in [5, 5.41) is 11.4. The van der Waals surface area contributed by atoms with Gasteiger partial charge in [-0.05, 0) is 43.2 Å². The first-order chi connectivity index (χ1) is 14.4. The first kappa shape index (κ1) is 19.9. The van der Waals surface area contributed by atoms with Crippen molar-refractivity contribution in [3.8, 4) is 0 Å². The number of nitrogens with zero attached hydrogens (tertiary/aromatic N) is 3. The van der Waals surface area contributed by atoms with Crippen molar-refractivity contribution in [1.82, 2.24) is 14.9 Å². The molecule has 1 N–H and O–H groups in total. The number of aliphatic hydroxyl groups is 1. The zero-order chi connectivity index (χ0) is 21.4. The summed E-state index contributed by atoms with van der Waals surface area (Å²) >= 11 is 1.22. The molecule has 0 bridgehead atoms. The van der Waals surface area contributed by atoms with Gasteiger partial charge in [-0.2, -0.15) is 0 Å². The lowest BCUT2D eigenvalue weighted by molar-refractivity contribution is -0.130. The van der Waals surface area contributed by atoms with Crippen LogP contribution in [0.4, 0.5) is 4.39 Å². The predicted octanol–water partition coefficient (Wildman–Crippen LogP) is 4.07. The molecule has 1 aliphatic heterocycles. The maximum atomic E-state index is 13.4. The number of aliphatic hydroxyl groups excluding tert-OH is 1. The molecule has 4 rings (SSSR count). The zero-order valence-corrected chi connectivity index (χ0v) is 17.1. The Morgan fingerprint density at radius 1 is 1.23 bits per heavy atom. The van der Waals surface area contributed by atoms with Gasteiger partial charge in [0.2, 0.25) is 5.78 Å². The molecule has 8 heteroatoms. The molecule has 3 heterocycles. The van der Waals surface area contributed by atoms with Crippen molar-refractivity contribution in [3.63, 3.8) is 0 Å². The molecule has 0 saturated heterocycles. The summed E-state index contributed by atoms with van der Waals surface area (Å²) in [7, 11) is 0. The largest absolute Gasteiger partial charge is 0.503 e. The molecule has 30 heavy (non-hydrogen) atoms. The van der Waals surface area contributed by atoms with Crippen LogP contribution in [0.25, 0.3) is 0 Å². The van der Waals surface area contributed by atoms with Gasteiger partial charge < -0.3 is 10.0 Å². The van der Waals surface area contributed by atoms with Crippen LogP contribution < -0.4 is 0 Å². The van der Waals surface area contributed by atoms with Crippen LogP contribution in [0.5, 0.6) is 0 Å². The molecule has 152 valence electrons. The number of hydrogen-bond acceptors (Lipinski definition) is 6. The number of aryl methyl sites for hydroxylation is 2. The Morgan fingerprint density at radius 2 is 1.97 bits per heavy atom. The van der Waals surface area contributed by atoms with Crippen molar-refractivity contribution in [2.45, 2.75) is 26.4 Å². The Kier molecular flexibility index (Phi) is 5.17. The van der Waals surface area contributed by atoms with Crippen LogP contribution in [-0.4, -0.2) is 31.7 Å². The summed E-state index contributed by atoms with van der Waals surface area (Å²) < 4.78 is 13.3. The highest BCUT2D eigenvalue weighted by molar-refractivity contribution is 7.14. The number of carbonyl (C=O) groups excluding carboxylic acids is 2. The smallest absolute Gasteiger partial charge is 0.290 e. The Morgan fingerprint density at radius 3 is 2.57 bits per heavy atom. The van der Waals surface area contributed by atoms with E-state index in [9.17, 15) is 19.1 Å². The molecule has 0 fully saturated rings. The summed E-state index contributed by atoms with van der Waals surface area (Å²) in [5.74, 6) is -2.06. The van der Waals surface area contributed by atoms with Crippen LogP contribution in [0.1, 0.15) is 37.5 Å². The number of aromatic nitrogens is 2. The average Bonchev–Trinajstić information content (AvgIpc) is 3.20. The number of carbonyl (C=O) groups is 2. The quantitative estimate of drug-likeness (QED) is 0.626. The standard InChI is InChI=1S/C22H18FN3O3S/c1-12-21(30-13(2)25-12)19(27)17-18(15-4-3-9-24-10-15)26(22(29)20(17)28)11-14-5-7-16(23)8-6-14/h3-10,18,28H,11H2,1-2H3. The van der Waals surface area contributed by atoms with E-state index >= 15 is 0 Å². The third kappa shape index (κ3) is 3.50. The molecule has 0 saturated carbocycles. The summed E-state index contributed by atoms with van der Waals surface area (Å²) in [5.41, 5.74) is 1.82. The second kappa shape index (κ2) is 7.79. The summed E-state index contributed by atoms with van der Waals surface area (Å²) in [4.78, 5) is 36.5. The van der Waals surface area contributed by atoms with E-state index in [1.165, 1.54) is 28.4 Å². The lowest BCUT2D eigenvalue weighted by Crippen LogP contribution is -2.30. The second-order valence-corrected chi connectivity index (χ2v) is 8.19. The molecular formula is C22H18FN3O3S. The SMILES string of the molecule is Cc1nc(C)c(C(=O)C2=C(O)C(=O)N(Cc3ccc(F)cc3)C2c2cccnc2)s1. The van der Waals surface area contributed by atoms with E-state index in [-0.39, 0.29) is 17.9 Å². The van der Waals surface area contributed by atoms with E-state index in [2.05, 4.69) is 9.97 Å². The van der Waals surface area contributed by atoms with Crippen LogP contribution >= 0.6 is 11.3 Å². The number of amides is 1. The molecule has 1 aliphatic rings.